The minimum Gasteiger partial charge on any atom is -0.298 e. The third kappa shape index (κ3) is 5.58. The first kappa shape index (κ1) is 26.0. The fraction of sp³-hybridized carbons (Fsp3) is 0.263. The molecule has 2 nitrogen and oxygen atoms in total. The molecule has 0 radical (unpaired) electrons. The summed E-state index contributed by atoms with van der Waals surface area (Å²) >= 11 is 0. The molecule has 2 rings (SSSR count). The maximum absolute atomic E-state index is 13.5. The maximum Gasteiger partial charge on any atom is 0.416 e. The lowest BCUT2D eigenvalue weighted by atomic mass is 9.83. The molecule has 0 spiro atoms. The van der Waals surface area contributed by atoms with E-state index >= 15 is 0 Å². The zero-order valence-corrected chi connectivity index (χ0v) is 15.4. The Morgan fingerprint density at radius 2 is 1.09 bits per heavy atom. The minimum atomic E-state index is -5.65. The van der Waals surface area contributed by atoms with Crippen LogP contribution in [-0.2, 0) is 24.7 Å². The van der Waals surface area contributed by atoms with Crippen LogP contribution in [-0.4, -0.2) is 6.29 Å². The SMILES string of the molecule is N#CC(c1cc(C(F)(F)F)cc(C(F)(F)F)c1)c1c(C=O)cc(C(F)(F)F)cc1C(F)(F)F. The Morgan fingerprint density at radius 1 is 0.667 bits per heavy atom. The number of nitriles is 1. The van der Waals surface area contributed by atoms with Gasteiger partial charge < -0.3 is 0 Å². The fourth-order valence-electron chi connectivity index (χ4n) is 2.94. The van der Waals surface area contributed by atoms with Gasteiger partial charge in [-0.25, -0.2) is 0 Å². The molecule has 33 heavy (non-hydrogen) atoms. The number of nitrogens with zero attached hydrogens (tertiary/aromatic N) is 1. The highest BCUT2D eigenvalue weighted by Gasteiger charge is 2.43. The van der Waals surface area contributed by atoms with Crippen LogP contribution in [0.5, 0.6) is 0 Å². The van der Waals surface area contributed by atoms with Crippen molar-refractivity contribution in [3.63, 3.8) is 0 Å². The molecule has 0 aliphatic rings. The average molecular weight is 493 g/mol. The highest BCUT2D eigenvalue weighted by atomic mass is 19.4. The predicted molar refractivity (Wildman–Crippen MR) is 85.7 cm³/mol. The number of alkyl halides is 12. The second-order valence-electron chi connectivity index (χ2n) is 6.54. The number of carbonyl (C=O) groups is 1. The zero-order valence-electron chi connectivity index (χ0n) is 15.4. The van der Waals surface area contributed by atoms with Gasteiger partial charge in [-0.1, -0.05) is 0 Å². The Hall–Kier alpha value is -3.24. The van der Waals surface area contributed by atoms with E-state index in [0.29, 0.717) is 0 Å². The fourth-order valence-corrected chi connectivity index (χ4v) is 2.94. The summed E-state index contributed by atoms with van der Waals surface area (Å²) in [5.41, 5.74) is -12.3. The first-order valence-corrected chi connectivity index (χ1v) is 8.27. The average Bonchev–Trinajstić information content (AvgIpc) is 2.65. The van der Waals surface area contributed by atoms with E-state index in [1.165, 1.54) is 0 Å². The van der Waals surface area contributed by atoms with E-state index in [4.69, 9.17) is 0 Å². The van der Waals surface area contributed by atoms with Crippen molar-refractivity contribution in [2.24, 2.45) is 0 Å². The topological polar surface area (TPSA) is 40.9 Å². The quantitative estimate of drug-likeness (QED) is 0.335. The van der Waals surface area contributed by atoms with Crippen molar-refractivity contribution in [1.82, 2.24) is 0 Å². The number of benzene rings is 2. The van der Waals surface area contributed by atoms with Gasteiger partial charge in [0.1, 0.15) is 6.29 Å². The van der Waals surface area contributed by atoms with E-state index in [-0.39, 0.29) is 24.3 Å². The van der Waals surface area contributed by atoms with Crippen LogP contribution < -0.4 is 0 Å². The summed E-state index contributed by atoms with van der Waals surface area (Å²) in [6.45, 7) is 0. The molecule has 2 aromatic carbocycles. The standard InChI is InChI=1S/C19H7F12NO/c20-16(21,22)10-1-8(2-11(4-10)17(23,24)25)13(6-32)15-9(7-33)3-12(18(26,27)28)5-14(15)19(29,30)31/h1-5,7,13H. The molecule has 14 heteroatoms. The summed E-state index contributed by atoms with van der Waals surface area (Å²) in [7, 11) is 0. The number of hydrogen-bond acceptors (Lipinski definition) is 2. The van der Waals surface area contributed by atoms with E-state index in [1.807, 2.05) is 0 Å². The largest absolute Gasteiger partial charge is 0.416 e. The number of halogens is 12. The van der Waals surface area contributed by atoms with E-state index in [1.54, 1.807) is 0 Å². The minimum absolute atomic E-state index is 0.0461. The Kier molecular flexibility index (Phi) is 6.52. The summed E-state index contributed by atoms with van der Waals surface area (Å²) in [5.74, 6) is -2.60. The lowest BCUT2D eigenvalue weighted by molar-refractivity contribution is -0.145. The molecular weight excluding hydrogens is 486 g/mol. The Labute approximate surface area is 176 Å². The lowest BCUT2D eigenvalue weighted by Gasteiger charge is -2.22. The molecule has 0 bridgehead atoms. The van der Waals surface area contributed by atoms with Crippen molar-refractivity contribution in [3.05, 3.63) is 69.3 Å². The highest BCUT2D eigenvalue weighted by molar-refractivity contribution is 5.80. The molecule has 0 aliphatic carbocycles. The summed E-state index contributed by atoms with van der Waals surface area (Å²) in [5, 5.41) is 9.34. The van der Waals surface area contributed by atoms with E-state index in [9.17, 15) is 62.7 Å². The predicted octanol–water partition coefficient (Wildman–Crippen LogP) is 7.23. The second kappa shape index (κ2) is 8.27. The van der Waals surface area contributed by atoms with Crippen LogP contribution in [0.2, 0.25) is 0 Å². The Bertz CT molecular complexity index is 1070. The Balaban J connectivity index is 2.97. The zero-order chi connectivity index (χ0) is 25.6. The van der Waals surface area contributed by atoms with E-state index < -0.39 is 81.9 Å². The highest BCUT2D eigenvalue weighted by Crippen LogP contribution is 2.44. The van der Waals surface area contributed by atoms with Gasteiger partial charge in [-0.05, 0) is 41.5 Å². The van der Waals surface area contributed by atoms with Gasteiger partial charge in [0.15, 0.2) is 0 Å². The third-order valence-corrected chi connectivity index (χ3v) is 4.33. The van der Waals surface area contributed by atoms with Crippen LogP contribution in [0.4, 0.5) is 52.7 Å². The summed E-state index contributed by atoms with van der Waals surface area (Å²) < 4.78 is 158. The van der Waals surface area contributed by atoms with Gasteiger partial charge >= 0.3 is 24.7 Å². The molecule has 0 heterocycles. The third-order valence-electron chi connectivity index (χ3n) is 4.33. The molecule has 1 atom stereocenters. The van der Waals surface area contributed by atoms with E-state index in [2.05, 4.69) is 0 Å². The number of rotatable bonds is 3. The van der Waals surface area contributed by atoms with Gasteiger partial charge in [-0.2, -0.15) is 57.9 Å². The summed E-state index contributed by atoms with van der Waals surface area (Å²) in [6, 6.07) is 0.0548. The van der Waals surface area contributed by atoms with Crippen molar-refractivity contribution in [2.75, 3.05) is 0 Å². The van der Waals surface area contributed by atoms with Crippen LogP contribution in [0.3, 0.4) is 0 Å². The van der Waals surface area contributed by atoms with Gasteiger partial charge in [0.25, 0.3) is 0 Å². The first-order valence-electron chi connectivity index (χ1n) is 8.27. The Morgan fingerprint density at radius 3 is 1.42 bits per heavy atom. The molecule has 2 aromatic rings. The van der Waals surface area contributed by atoms with Crippen LogP contribution >= 0.6 is 0 Å². The molecule has 0 saturated carbocycles. The number of carbonyl (C=O) groups excluding carboxylic acids is 1. The molecular formula is C19H7F12NO. The van der Waals surface area contributed by atoms with Gasteiger partial charge in [0, 0.05) is 5.56 Å². The normalized spacial score (nSPS) is 14.0. The lowest BCUT2D eigenvalue weighted by Crippen LogP contribution is -2.19. The second-order valence-corrected chi connectivity index (χ2v) is 6.54. The van der Waals surface area contributed by atoms with Crippen LogP contribution in [0.15, 0.2) is 30.3 Å². The van der Waals surface area contributed by atoms with Crippen molar-refractivity contribution < 1.29 is 57.5 Å². The molecule has 1 unspecified atom stereocenters. The van der Waals surface area contributed by atoms with Crippen LogP contribution in [0, 0.1) is 11.3 Å². The number of hydrogen-bond donors (Lipinski definition) is 0. The molecule has 0 amide bonds. The van der Waals surface area contributed by atoms with Gasteiger partial charge in [0.05, 0.1) is 34.2 Å². The molecule has 178 valence electrons. The number of aldehydes is 1. The van der Waals surface area contributed by atoms with Crippen LogP contribution in [0.25, 0.3) is 0 Å². The van der Waals surface area contributed by atoms with E-state index in [0.717, 1.165) is 6.07 Å². The smallest absolute Gasteiger partial charge is 0.298 e. The molecule has 0 aromatic heterocycles. The van der Waals surface area contributed by atoms with Crippen molar-refractivity contribution in [2.45, 2.75) is 30.6 Å². The summed E-state index contributed by atoms with van der Waals surface area (Å²) in [4.78, 5) is 11.3. The van der Waals surface area contributed by atoms with Crippen molar-refractivity contribution >= 4 is 6.29 Å². The molecule has 0 fully saturated rings. The molecule has 0 aliphatic heterocycles. The van der Waals surface area contributed by atoms with Crippen molar-refractivity contribution in [1.29, 1.82) is 5.26 Å². The monoisotopic (exact) mass is 493 g/mol. The molecule has 0 saturated heterocycles. The first-order chi connectivity index (χ1) is 14.8. The molecule has 0 N–H and O–H groups in total. The van der Waals surface area contributed by atoms with Crippen LogP contribution in [0.1, 0.15) is 49.7 Å². The van der Waals surface area contributed by atoms with Gasteiger partial charge in [-0.15, -0.1) is 0 Å². The summed E-state index contributed by atoms with van der Waals surface area (Å²) in [6.07, 6.45) is -22.4. The van der Waals surface area contributed by atoms with Gasteiger partial charge in [-0.3, -0.25) is 4.79 Å². The van der Waals surface area contributed by atoms with Crippen molar-refractivity contribution in [3.8, 4) is 6.07 Å². The maximum atomic E-state index is 13.5. The van der Waals surface area contributed by atoms with Gasteiger partial charge in [0.2, 0.25) is 0 Å².